The van der Waals surface area contributed by atoms with Crippen LogP contribution in [0, 0.1) is 0 Å². The van der Waals surface area contributed by atoms with Crippen LogP contribution >= 0.6 is 0 Å². The molecule has 0 radical (unpaired) electrons. The maximum atomic E-state index is 12.0. The van der Waals surface area contributed by atoms with Crippen LogP contribution in [0.1, 0.15) is 20.8 Å². The van der Waals surface area contributed by atoms with Gasteiger partial charge in [0.1, 0.15) is 11.6 Å². The van der Waals surface area contributed by atoms with E-state index in [-0.39, 0.29) is 11.5 Å². The van der Waals surface area contributed by atoms with Gasteiger partial charge in [-0.1, -0.05) is 18.2 Å². The molecule has 0 bridgehead atoms. The zero-order chi connectivity index (χ0) is 17.1. The van der Waals surface area contributed by atoms with Crippen molar-refractivity contribution < 1.29 is 19.4 Å². The van der Waals surface area contributed by atoms with Gasteiger partial charge in [-0.15, -0.1) is 0 Å². The second-order valence-electron chi connectivity index (χ2n) is 4.93. The number of aromatic amines is 1. The van der Waals surface area contributed by atoms with Gasteiger partial charge in [0.05, 0.1) is 5.56 Å². The summed E-state index contributed by atoms with van der Waals surface area (Å²) in [5.74, 6) is -1.05. The lowest BCUT2D eigenvalue weighted by molar-refractivity contribution is 0.0734. The Hall–Kier alpha value is -3.61. The Labute approximate surface area is 136 Å². The minimum atomic E-state index is -0.830. The van der Waals surface area contributed by atoms with Crippen LogP contribution in [0.25, 0.3) is 11.4 Å². The van der Waals surface area contributed by atoms with E-state index in [4.69, 9.17) is 10.5 Å². The lowest BCUT2D eigenvalue weighted by Gasteiger charge is -2.04. The number of carbonyl (C=O) groups excluding carboxylic acids is 2. The lowest BCUT2D eigenvalue weighted by Crippen LogP contribution is -2.11. The van der Waals surface area contributed by atoms with Crippen LogP contribution in [0.5, 0.6) is 11.6 Å². The Bertz CT molecular complexity index is 886. The van der Waals surface area contributed by atoms with Crippen LogP contribution in [-0.4, -0.2) is 27.0 Å². The molecule has 1 aromatic heterocycles. The predicted octanol–water partition coefficient (Wildman–Crippen LogP) is 2.10. The summed E-state index contributed by atoms with van der Waals surface area (Å²) in [5.41, 5.74) is 5.91. The quantitative estimate of drug-likeness (QED) is 0.502. The van der Waals surface area contributed by atoms with E-state index in [1.54, 1.807) is 48.5 Å². The topological polar surface area (TPSA) is 118 Å². The number of benzene rings is 2. The monoisotopic (exact) mass is 323 g/mol. The molecule has 4 N–H and O–H groups in total. The van der Waals surface area contributed by atoms with Crippen molar-refractivity contribution >= 4 is 11.9 Å². The van der Waals surface area contributed by atoms with Crippen LogP contribution in [0.2, 0.25) is 0 Å². The highest BCUT2D eigenvalue weighted by Crippen LogP contribution is 2.24. The molecule has 120 valence electrons. The van der Waals surface area contributed by atoms with E-state index in [1.807, 2.05) is 6.07 Å². The number of hydrogen-bond acceptors (Lipinski definition) is 5. The first-order valence-electron chi connectivity index (χ1n) is 7.01. The molecular formula is C17H13N3O4. The molecular weight excluding hydrogens is 310 g/mol. The van der Waals surface area contributed by atoms with E-state index in [0.29, 0.717) is 16.9 Å². The summed E-state index contributed by atoms with van der Waals surface area (Å²) in [6, 6.07) is 15.1. The fourth-order valence-electron chi connectivity index (χ4n) is 2.09. The molecule has 1 heterocycles. The molecule has 0 saturated carbocycles. The summed E-state index contributed by atoms with van der Waals surface area (Å²) in [6.07, 6.45) is 0. The van der Waals surface area contributed by atoms with Gasteiger partial charge in [-0.05, 0) is 36.4 Å². The third-order valence-electron chi connectivity index (χ3n) is 3.27. The first kappa shape index (κ1) is 15.3. The fourth-order valence-corrected chi connectivity index (χ4v) is 2.09. The van der Waals surface area contributed by atoms with Gasteiger partial charge in [-0.2, -0.15) is 0 Å². The Balaban J connectivity index is 1.77. The van der Waals surface area contributed by atoms with Gasteiger partial charge < -0.3 is 20.6 Å². The predicted molar refractivity (Wildman–Crippen MR) is 85.6 cm³/mol. The van der Waals surface area contributed by atoms with Crippen LogP contribution in [0.15, 0.2) is 54.6 Å². The SMILES string of the molecule is NC(=O)c1nc(-c2ccc(OC(=O)c3ccccc3)cc2)[nH]c1O. The van der Waals surface area contributed by atoms with E-state index in [0.717, 1.165) is 0 Å². The number of H-pyrrole nitrogens is 1. The smallest absolute Gasteiger partial charge is 0.343 e. The standard InChI is InChI=1S/C17H13N3O4/c18-14(21)13-16(22)20-15(19-13)10-6-8-12(9-7-10)24-17(23)11-4-2-1-3-5-11/h1-9,22H,(H2,18,21)(H,19,20). The molecule has 1 amide bonds. The number of nitrogens with two attached hydrogens (primary N) is 1. The van der Waals surface area contributed by atoms with Gasteiger partial charge in [-0.3, -0.25) is 4.79 Å². The van der Waals surface area contributed by atoms with E-state index < -0.39 is 17.8 Å². The average Bonchev–Trinajstić information content (AvgIpc) is 2.98. The second kappa shape index (κ2) is 6.25. The number of nitrogens with one attached hydrogen (secondary N) is 1. The number of imidazole rings is 1. The highest BCUT2D eigenvalue weighted by atomic mass is 16.5. The first-order chi connectivity index (χ1) is 11.5. The Kier molecular flexibility index (Phi) is 3.98. The minimum Gasteiger partial charge on any atom is -0.493 e. The van der Waals surface area contributed by atoms with Gasteiger partial charge in [0.25, 0.3) is 5.91 Å². The van der Waals surface area contributed by atoms with Crippen molar-refractivity contribution in [2.45, 2.75) is 0 Å². The largest absolute Gasteiger partial charge is 0.493 e. The molecule has 24 heavy (non-hydrogen) atoms. The van der Waals surface area contributed by atoms with E-state index in [2.05, 4.69) is 9.97 Å². The van der Waals surface area contributed by atoms with Crippen molar-refractivity contribution in [2.75, 3.05) is 0 Å². The van der Waals surface area contributed by atoms with Crippen LogP contribution in [0.4, 0.5) is 0 Å². The summed E-state index contributed by atoms with van der Waals surface area (Å²) in [7, 11) is 0. The molecule has 0 atom stereocenters. The van der Waals surface area contributed by atoms with Crippen molar-refractivity contribution in [3.63, 3.8) is 0 Å². The number of carbonyl (C=O) groups is 2. The summed E-state index contributed by atoms with van der Waals surface area (Å²) in [5, 5.41) is 9.57. The molecule has 3 rings (SSSR count). The lowest BCUT2D eigenvalue weighted by atomic mass is 10.2. The number of amides is 1. The molecule has 0 aliphatic heterocycles. The normalized spacial score (nSPS) is 10.3. The van der Waals surface area contributed by atoms with Crippen LogP contribution < -0.4 is 10.5 Å². The van der Waals surface area contributed by atoms with Gasteiger partial charge in [-0.25, -0.2) is 9.78 Å². The van der Waals surface area contributed by atoms with Crippen molar-refractivity contribution in [1.29, 1.82) is 0 Å². The number of primary amides is 1. The number of rotatable bonds is 4. The van der Waals surface area contributed by atoms with Gasteiger partial charge in [0.2, 0.25) is 5.88 Å². The van der Waals surface area contributed by atoms with E-state index in [9.17, 15) is 14.7 Å². The Morgan fingerprint density at radius 2 is 1.71 bits per heavy atom. The maximum Gasteiger partial charge on any atom is 0.343 e. The number of nitrogens with zero attached hydrogens (tertiary/aromatic N) is 1. The van der Waals surface area contributed by atoms with Crippen molar-refractivity contribution in [1.82, 2.24) is 9.97 Å². The summed E-state index contributed by atoms with van der Waals surface area (Å²) >= 11 is 0. The summed E-state index contributed by atoms with van der Waals surface area (Å²) in [4.78, 5) is 29.6. The number of ether oxygens (including phenoxy) is 1. The maximum absolute atomic E-state index is 12.0. The summed E-state index contributed by atoms with van der Waals surface area (Å²) in [6.45, 7) is 0. The zero-order valence-electron chi connectivity index (χ0n) is 12.4. The van der Waals surface area contributed by atoms with Gasteiger partial charge in [0.15, 0.2) is 5.69 Å². The molecule has 0 unspecified atom stereocenters. The summed E-state index contributed by atoms with van der Waals surface area (Å²) < 4.78 is 5.27. The molecule has 2 aromatic carbocycles. The van der Waals surface area contributed by atoms with E-state index in [1.165, 1.54) is 0 Å². The number of aromatic nitrogens is 2. The first-order valence-corrected chi connectivity index (χ1v) is 7.01. The van der Waals surface area contributed by atoms with Gasteiger partial charge in [0, 0.05) is 5.56 Å². The molecule has 0 fully saturated rings. The third-order valence-corrected chi connectivity index (χ3v) is 3.27. The molecule has 0 saturated heterocycles. The molecule has 0 spiro atoms. The Morgan fingerprint density at radius 3 is 2.29 bits per heavy atom. The van der Waals surface area contributed by atoms with Crippen molar-refractivity contribution in [2.24, 2.45) is 5.73 Å². The van der Waals surface area contributed by atoms with E-state index >= 15 is 0 Å². The number of aromatic hydroxyl groups is 1. The fraction of sp³-hybridized carbons (Fsp3) is 0. The molecule has 0 aliphatic rings. The van der Waals surface area contributed by atoms with Gasteiger partial charge >= 0.3 is 5.97 Å². The van der Waals surface area contributed by atoms with Crippen molar-refractivity contribution in [3.8, 4) is 23.0 Å². The second-order valence-corrected chi connectivity index (χ2v) is 4.93. The molecule has 0 aliphatic carbocycles. The minimum absolute atomic E-state index is 0.232. The van der Waals surface area contributed by atoms with Crippen LogP contribution in [-0.2, 0) is 0 Å². The molecule has 7 heteroatoms. The molecule has 7 nitrogen and oxygen atoms in total. The zero-order valence-corrected chi connectivity index (χ0v) is 12.4. The third kappa shape index (κ3) is 3.09. The highest BCUT2D eigenvalue weighted by Gasteiger charge is 2.15. The number of hydrogen-bond donors (Lipinski definition) is 3. The number of esters is 1. The van der Waals surface area contributed by atoms with Crippen molar-refractivity contribution in [3.05, 3.63) is 65.9 Å². The highest BCUT2D eigenvalue weighted by molar-refractivity contribution is 5.94. The van der Waals surface area contributed by atoms with Crippen LogP contribution in [0.3, 0.4) is 0 Å². The Morgan fingerprint density at radius 1 is 1.04 bits per heavy atom. The molecule has 3 aromatic rings. The average molecular weight is 323 g/mol.